The monoisotopic (exact) mass is 332 g/mol. The van der Waals surface area contributed by atoms with E-state index in [-0.39, 0.29) is 35.9 Å². The Balaban J connectivity index is 2.00. The highest BCUT2D eigenvalue weighted by molar-refractivity contribution is 5.92. The number of carbonyl (C=O) groups is 2. The molecule has 0 aliphatic heterocycles. The van der Waals surface area contributed by atoms with Gasteiger partial charge in [-0.05, 0) is 37.3 Å². The van der Waals surface area contributed by atoms with Crippen molar-refractivity contribution in [1.29, 1.82) is 0 Å². The van der Waals surface area contributed by atoms with Crippen LogP contribution in [0.3, 0.4) is 0 Å². The molecular weight excluding hydrogens is 315 g/mol. The summed E-state index contributed by atoms with van der Waals surface area (Å²) in [7, 11) is 0. The first-order valence-corrected chi connectivity index (χ1v) is 7.25. The van der Waals surface area contributed by atoms with Crippen molar-refractivity contribution in [3.63, 3.8) is 0 Å². The number of esters is 1. The number of carbonyl (C=O) groups excluding carboxylic acids is 2. The number of hydrogen-bond acceptors (Lipinski definition) is 5. The number of nitrogens with two attached hydrogens (primary N) is 1. The molecule has 7 heteroatoms. The van der Waals surface area contributed by atoms with Crippen LogP contribution in [0.5, 0.6) is 5.75 Å². The van der Waals surface area contributed by atoms with Gasteiger partial charge in [-0.15, -0.1) is 0 Å². The molecule has 0 atom stereocenters. The summed E-state index contributed by atoms with van der Waals surface area (Å²) >= 11 is 0. The molecule has 126 valence electrons. The molecule has 0 radical (unpaired) electrons. The maximum Gasteiger partial charge on any atom is 0.338 e. The maximum absolute atomic E-state index is 13.5. The van der Waals surface area contributed by atoms with Crippen LogP contribution >= 0.6 is 0 Å². The number of anilines is 2. The van der Waals surface area contributed by atoms with Crippen molar-refractivity contribution in [3.8, 4) is 5.75 Å². The van der Waals surface area contributed by atoms with Gasteiger partial charge in [-0.25, -0.2) is 9.18 Å². The topological polar surface area (TPSA) is 90.7 Å². The van der Waals surface area contributed by atoms with E-state index in [0.29, 0.717) is 0 Å². The minimum Gasteiger partial charge on any atom is -0.482 e. The lowest BCUT2D eigenvalue weighted by molar-refractivity contribution is -0.118. The minimum atomic E-state index is -0.555. The van der Waals surface area contributed by atoms with Gasteiger partial charge in [0.15, 0.2) is 6.61 Å². The molecule has 0 saturated carbocycles. The second-order valence-electron chi connectivity index (χ2n) is 4.79. The number of hydrogen-bond donors (Lipinski definition) is 2. The fraction of sp³-hybridized carbons (Fsp3) is 0.176. The van der Waals surface area contributed by atoms with Crippen LogP contribution in [-0.4, -0.2) is 25.1 Å². The Morgan fingerprint density at radius 1 is 1.21 bits per heavy atom. The van der Waals surface area contributed by atoms with Gasteiger partial charge in [0.05, 0.1) is 23.5 Å². The van der Waals surface area contributed by atoms with Gasteiger partial charge in [-0.3, -0.25) is 4.79 Å². The molecule has 2 aromatic carbocycles. The molecule has 0 unspecified atom stereocenters. The van der Waals surface area contributed by atoms with Crippen molar-refractivity contribution in [2.75, 3.05) is 24.3 Å². The van der Waals surface area contributed by atoms with Crippen LogP contribution in [-0.2, 0) is 9.53 Å². The molecule has 24 heavy (non-hydrogen) atoms. The van der Waals surface area contributed by atoms with Crippen LogP contribution < -0.4 is 15.8 Å². The third kappa shape index (κ3) is 4.45. The summed E-state index contributed by atoms with van der Waals surface area (Å²) in [4.78, 5) is 23.5. The summed E-state index contributed by atoms with van der Waals surface area (Å²) in [5, 5.41) is 2.39. The Morgan fingerprint density at radius 2 is 1.96 bits per heavy atom. The van der Waals surface area contributed by atoms with Crippen LogP contribution in [0.25, 0.3) is 0 Å². The molecule has 0 bridgehead atoms. The summed E-state index contributed by atoms with van der Waals surface area (Å²) in [6.45, 7) is 1.55. The largest absolute Gasteiger partial charge is 0.482 e. The van der Waals surface area contributed by atoms with Gasteiger partial charge in [0, 0.05) is 0 Å². The SMILES string of the molecule is CCOC(=O)c1ccc(N)c(OCC(=O)Nc2ccccc2F)c1. The zero-order chi connectivity index (χ0) is 17.5. The van der Waals surface area contributed by atoms with E-state index < -0.39 is 17.7 Å². The molecule has 0 saturated heterocycles. The Labute approximate surface area is 138 Å². The molecule has 0 fully saturated rings. The summed E-state index contributed by atoms with van der Waals surface area (Å²) in [5.74, 6) is -1.45. The second kappa shape index (κ2) is 7.96. The predicted molar refractivity (Wildman–Crippen MR) is 87.3 cm³/mol. The highest BCUT2D eigenvalue weighted by atomic mass is 19.1. The molecule has 0 heterocycles. The molecule has 0 aromatic heterocycles. The molecule has 0 aliphatic rings. The second-order valence-corrected chi connectivity index (χ2v) is 4.79. The fourth-order valence-corrected chi connectivity index (χ4v) is 1.89. The number of rotatable bonds is 6. The highest BCUT2D eigenvalue weighted by Crippen LogP contribution is 2.23. The van der Waals surface area contributed by atoms with Crippen molar-refractivity contribution in [3.05, 3.63) is 53.8 Å². The first-order valence-electron chi connectivity index (χ1n) is 7.25. The first kappa shape index (κ1) is 17.3. The van der Waals surface area contributed by atoms with Crippen LogP contribution in [0.15, 0.2) is 42.5 Å². The fourth-order valence-electron chi connectivity index (χ4n) is 1.89. The lowest BCUT2D eigenvalue weighted by Crippen LogP contribution is -2.21. The number of nitrogen functional groups attached to an aromatic ring is 1. The van der Waals surface area contributed by atoms with Crippen molar-refractivity contribution < 1.29 is 23.5 Å². The third-order valence-corrected chi connectivity index (χ3v) is 3.03. The number of nitrogens with one attached hydrogen (secondary N) is 1. The van der Waals surface area contributed by atoms with E-state index in [1.165, 1.54) is 36.4 Å². The van der Waals surface area contributed by atoms with Crippen molar-refractivity contribution in [2.45, 2.75) is 6.92 Å². The Hall–Kier alpha value is -3.09. The van der Waals surface area contributed by atoms with Crippen LogP contribution in [0.4, 0.5) is 15.8 Å². The van der Waals surface area contributed by atoms with Gasteiger partial charge < -0.3 is 20.5 Å². The molecule has 2 aromatic rings. The minimum absolute atomic E-state index is 0.0550. The van der Waals surface area contributed by atoms with Gasteiger partial charge in [0.25, 0.3) is 5.91 Å². The number of amides is 1. The van der Waals surface area contributed by atoms with Gasteiger partial charge in [-0.2, -0.15) is 0 Å². The summed E-state index contributed by atoms with van der Waals surface area (Å²) in [6.07, 6.45) is 0. The van der Waals surface area contributed by atoms with E-state index in [0.717, 1.165) is 0 Å². The summed E-state index contributed by atoms with van der Waals surface area (Å²) < 4.78 is 23.7. The molecule has 2 rings (SSSR count). The Morgan fingerprint density at radius 3 is 2.67 bits per heavy atom. The van der Waals surface area contributed by atoms with Crippen molar-refractivity contribution in [1.82, 2.24) is 0 Å². The number of halogens is 1. The molecule has 0 spiro atoms. The van der Waals surface area contributed by atoms with Crippen molar-refractivity contribution >= 4 is 23.3 Å². The zero-order valence-corrected chi connectivity index (χ0v) is 13.0. The third-order valence-electron chi connectivity index (χ3n) is 3.03. The molecular formula is C17H17FN2O4. The quantitative estimate of drug-likeness (QED) is 0.627. The normalized spacial score (nSPS) is 10.1. The van der Waals surface area contributed by atoms with E-state index in [2.05, 4.69) is 5.32 Å². The molecule has 1 amide bonds. The predicted octanol–water partition coefficient (Wildman–Crippen LogP) is 2.60. The maximum atomic E-state index is 13.5. The lowest BCUT2D eigenvalue weighted by atomic mass is 10.2. The first-order chi connectivity index (χ1) is 11.5. The Bertz CT molecular complexity index is 749. The zero-order valence-electron chi connectivity index (χ0n) is 13.0. The molecule has 0 aliphatic carbocycles. The summed E-state index contributed by atoms with van der Waals surface area (Å²) in [6, 6.07) is 10.2. The van der Waals surface area contributed by atoms with E-state index >= 15 is 0 Å². The lowest BCUT2D eigenvalue weighted by Gasteiger charge is -2.11. The van der Waals surface area contributed by atoms with Crippen LogP contribution in [0.2, 0.25) is 0 Å². The van der Waals surface area contributed by atoms with E-state index in [1.54, 1.807) is 13.0 Å². The van der Waals surface area contributed by atoms with Gasteiger partial charge in [0.1, 0.15) is 11.6 Å². The van der Waals surface area contributed by atoms with E-state index in [4.69, 9.17) is 15.2 Å². The van der Waals surface area contributed by atoms with E-state index in [9.17, 15) is 14.0 Å². The average molecular weight is 332 g/mol. The van der Waals surface area contributed by atoms with Crippen LogP contribution in [0, 0.1) is 5.82 Å². The van der Waals surface area contributed by atoms with Gasteiger partial charge >= 0.3 is 5.97 Å². The molecule has 3 N–H and O–H groups in total. The number of benzene rings is 2. The molecule has 6 nitrogen and oxygen atoms in total. The smallest absolute Gasteiger partial charge is 0.338 e. The standard InChI is InChI=1S/C17H17FN2O4/c1-2-23-17(22)11-7-8-13(19)15(9-11)24-10-16(21)20-14-6-4-3-5-12(14)18/h3-9H,2,10,19H2,1H3,(H,20,21). The average Bonchev–Trinajstić information content (AvgIpc) is 2.56. The number of ether oxygens (including phenoxy) is 2. The van der Waals surface area contributed by atoms with Gasteiger partial charge in [0.2, 0.25) is 0 Å². The Kier molecular flexibility index (Phi) is 5.73. The number of para-hydroxylation sites is 1. The van der Waals surface area contributed by atoms with Crippen LogP contribution in [0.1, 0.15) is 17.3 Å². The highest BCUT2D eigenvalue weighted by Gasteiger charge is 2.12. The van der Waals surface area contributed by atoms with E-state index in [1.807, 2.05) is 0 Å². The van der Waals surface area contributed by atoms with Crippen molar-refractivity contribution in [2.24, 2.45) is 0 Å². The summed E-state index contributed by atoms with van der Waals surface area (Å²) in [5.41, 5.74) is 6.34. The van der Waals surface area contributed by atoms with Gasteiger partial charge in [-0.1, -0.05) is 12.1 Å².